The quantitative estimate of drug-likeness (QED) is 0.658. The normalized spacial score (nSPS) is 31.9. The molecule has 0 aromatic carbocycles. The Kier molecular flexibility index (Phi) is 3.77. The van der Waals surface area contributed by atoms with Crippen molar-refractivity contribution in [3.63, 3.8) is 0 Å². The number of rotatable bonds is 3. The van der Waals surface area contributed by atoms with E-state index in [-0.39, 0.29) is 36.0 Å². The number of nitrogens with one attached hydrogen (secondary N) is 1. The summed E-state index contributed by atoms with van der Waals surface area (Å²) in [6, 6.07) is 0. The van der Waals surface area contributed by atoms with Gasteiger partial charge in [-0.25, -0.2) is 9.78 Å². The van der Waals surface area contributed by atoms with Gasteiger partial charge in [0.15, 0.2) is 0 Å². The van der Waals surface area contributed by atoms with Crippen LogP contribution in [-0.4, -0.2) is 41.1 Å². The second kappa shape index (κ2) is 5.01. The Morgan fingerprint density at radius 2 is 2.00 bits per heavy atom. The molecule has 3 N–H and O–H groups in total. The van der Waals surface area contributed by atoms with Crippen LogP contribution in [0.1, 0.15) is 20.8 Å². The van der Waals surface area contributed by atoms with E-state index in [1.54, 1.807) is 6.08 Å². The molecule has 2 aliphatic rings. The Hall–Kier alpha value is -0.880. The van der Waals surface area contributed by atoms with Crippen LogP contribution in [-0.2, 0) is 9.78 Å². The van der Waals surface area contributed by atoms with Crippen molar-refractivity contribution in [1.29, 1.82) is 0 Å². The van der Waals surface area contributed by atoms with Gasteiger partial charge >= 0.3 is 0 Å². The molecule has 18 heavy (non-hydrogen) atoms. The molecule has 1 aliphatic heterocycles. The van der Waals surface area contributed by atoms with Gasteiger partial charge in [-0.05, 0) is 26.8 Å². The maximum atomic E-state index is 9.64. The van der Waals surface area contributed by atoms with Crippen molar-refractivity contribution in [3.05, 3.63) is 23.5 Å². The highest BCUT2D eigenvalue weighted by Gasteiger charge is 2.40. The van der Waals surface area contributed by atoms with E-state index in [0.717, 1.165) is 0 Å². The van der Waals surface area contributed by atoms with Crippen LogP contribution in [0.5, 0.6) is 0 Å². The van der Waals surface area contributed by atoms with Gasteiger partial charge in [-0.2, -0.15) is 0 Å². The average molecular weight is 255 g/mol. The second-order valence-electron chi connectivity index (χ2n) is 5.81. The monoisotopic (exact) mass is 255 g/mol. The van der Waals surface area contributed by atoms with Crippen LogP contribution in [0.25, 0.3) is 0 Å². The predicted octanol–water partition coefficient (Wildman–Crippen LogP) is 1.06. The summed E-state index contributed by atoms with van der Waals surface area (Å²) in [4.78, 5) is 10.5. The van der Waals surface area contributed by atoms with Crippen LogP contribution in [0.15, 0.2) is 23.5 Å². The zero-order valence-electron chi connectivity index (χ0n) is 11.0. The molecule has 0 bridgehead atoms. The molecule has 1 fully saturated rings. The Bertz CT molecular complexity index is 370. The van der Waals surface area contributed by atoms with Gasteiger partial charge in [-0.3, -0.25) is 0 Å². The third kappa shape index (κ3) is 2.92. The molecule has 1 heterocycles. The van der Waals surface area contributed by atoms with Crippen molar-refractivity contribution in [3.8, 4) is 0 Å². The van der Waals surface area contributed by atoms with E-state index in [2.05, 4.69) is 26.1 Å². The minimum atomic E-state index is -0.271. The summed E-state index contributed by atoms with van der Waals surface area (Å²) < 4.78 is 0. The Morgan fingerprint density at radius 3 is 2.61 bits per heavy atom. The van der Waals surface area contributed by atoms with Gasteiger partial charge in [0.25, 0.3) is 0 Å². The molecule has 0 amide bonds. The van der Waals surface area contributed by atoms with Gasteiger partial charge < -0.3 is 15.5 Å². The second-order valence-corrected chi connectivity index (χ2v) is 5.81. The Labute approximate surface area is 107 Å². The van der Waals surface area contributed by atoms with E-state index in [0.29, 0.717) is 12.1 Å². The van der Waals surface area contributed by atoms with Gasteiger partial charge in [0.1, 0.15) is 18.0 Å². The summed E-state index contributed by atoms with van der Waals surface area (Å²) >= 11 is 0. The van der Waals surface area contributed by atoms with E-state index in [1.807, 2.05) is 6.08 Å². The molecule has 5 nitrogen and oxygen atoms in total. The van der Waals surface area contributed by atoms with E-state index >= 15 is 0 Å². The van der Waals surface area contributed by atoms with Crippen molar-refractivity contribution in [2.45, 2.75) is 38.5 Å². The summed E-state index contributed by atoms with van der Waals surface area (Å²) in [5.41, 5.74) is 0.545. The molecular formula is C13H21NO4. The van der Waals surface area contributed by atoms with Gasteiger partial charge in [0.2, 0.25) is 0 Å². The first-order valence-corrected chi connectivity index (χ1v) is 6.20. The standard InChI is InChI=1S/C13H21NO4/c1-13(2,3)14-6-12-9-4-8(7-15)10(16)5-11(9)17-18-12/h4-5,9,11-12,14-16H,6-7H2,1-3H3. The largest absolute Gasteiger partial charge is 0.508 e. The molecule has 102 valence electrons. The van der Waals surface area contributed by atoms with Crippen molar-refractivity contribution >= 4 is 0 Å². The average Bonchev–Trinajstić information content (AvgIpc) is 2.66. The molecular weight excluding hydrogens is 234 g/mol. The van der Waals surface area contributed by atoms with Crippen LogP contribution >= 0.6 is 0 Å². The van der Waals surface area contributed by atoms with E-state index in [9.17, 15) is 5.11 Å². The SMILES string of the molecule is CC(C)(C)NCC1OOC2C=C(O)C(CO)=CC21. The Balaban J connectivity index is 2.03. The van der Waals surface area contributed by atoms with E-state index < -0.39 is 0 Å². The third-order valence-corrected chi connectivity index (χ3v) is 3.15. The molecule has 0 radical (unpaired) electrons. The molecule has 1 aliphatic carbocycles. The summed E-state index contributed by atoms with van der Waals surface area (Å²) in [7, 11) is 0. The van der Waals surface area contributed by atoms with Gasteiger partial charge in [-0.1, -0.05) is 6.08 Å². The summed E-state index contributed by atoms with van der Waals surface area (Å²) in [6.45, 7) is 6.74. The minimum Gasteiger partial charge on any atom is -0.508 e. The molecule has 2 rings (SSSR count). The fourth-order valence-electron chi connectivity index (χ4n) is 2.11. The zero-order chi connectivity index (χ0) is 13.3. The summed E-state index contributed by atoms with van der Waals surface area (Å²) in [6.07, 6.45) is 3.04. The number of aliphatic hydroxyl groups is 2. The van der Waals surface area contributed by atoms with Crippen LogP contribution in [0.4, 0.5) is 0 Å². The molecule has 1 saturated heterocycles. The first kappa shape index (κ1) is 13.5. The lowest BCUT2D eigenvalue weighted by molar-refractivity contribution is -0.287. The van der Waals surface area contributed by atoms with Crippen LogP contribution < -0.4 is 5.32 Å². The lowest BCUT2D eigenvalue weighted by Crippen LogP contribution is -2.43. The van der Waals surface area contributed by atoms with Crippen molar-refractivity contribution < 1.29 is 20.0 Å². The fourth-order valence-corrected chi connectivity index (χ4v) is 2.11. The highest BCUT2D eigenvalue weighted by molar-refractivity contribution is 5.33. The summed E-state index contributed by atoms with van der Waals surface area (Å²) in [5, 5.41) is 22.2. The maximum absolute atomic E-state index is 9.64. The topological polar surface area (TPSA) is 71.0 Å². The molecule has 0 aromatic heterocycles. The van der Waals surface area contributed by atoms with Crippen molar-refractivity contribution in [1.82, 2.24) is 5.32 Å². The molecule has 3 unspecified atom stereocenters. The van der Waals surface area contributed by atoms with Gasteiger partial charge in [0.05, 0.1) is 6.61 Å². The van der Waals surface area contributed by atoms with Crippen LogP contribution in [0, 0.1) is 5.92 Å². The van der Waals surface area contributed by atoms with Crippen molar-refractivity contribution in [2.24, 2.45) is 5.92 Å². The van der Waals surface area contributed by atoms with Gasteiger partial charge in [0, 0.05) is 23.6 Å². The molecule has 5 heteroatoms. The van der Waals surface area contributed by atoms with Crippen LogP contribution in [0.2, 0.25) is 0 Å². The van der Waals surface area contributed by atoms with Crippen LogP contribution in [0.3, 0.4) is 0 Å². The highest BCUT2D eigenvalue weighted by atomic mass is 17.2. The third-order valence-electron chi connectivity index (χ3n) is 3.15. The number of fused-ring (bicyclic) bond motifs is 1. The number of hydrogen-bond donors (Lipinski definition) is 3. The summed E-state index contributed by atoms with van der Waals surface area (Å²) in [5.74, 6) is 0.102. The van der Waals surface area contributed by atoms with E-state index in [4.69, 9.17) is 14.9 Å². The maximum Gasteiger partial charge on any atom is 0.124 e. The molecule has 0 aromatic rings. The highest BCUT2D eigenvalue weighted by Crippen LogP contribution is 2.33. The van der Waals surface area contributed by atoms with E-state index in [1.165, 1.54) is 0 Å². The zero-order valence-corrected chi connectivity index (χ0v) is 11.0. The Morgan fingerprint density at radius 1 is 1.28 bits per heavy atom. The smallest absolute Gasteiger partial charge is 0.124 e. The first-order valence-electron chi connectivity index (χ1n) is 6.20. The van der Waals surface area contributed by atoms with Gasteiger partial charge in [-0.15, -0.1) is 0 Å². The molecule has 0 saturated carbocycles. The number of hydrogen-bond acceptors (Lipinski definition) is 5. The number of aliphatic hydroxyl groups excluding tert-OH is 2. The first-order chi connectivity index (χ1) is 8.40. The minimum absolute atomic E-state index is 0.0115. The molecule has 3 atom stereocenters. The van der Waals surface area contributed by atoms with Crippen molar-refractivity contribution in [2.75, 3.05) is 13.2 Å². The lowest BCUT2D eigenvalue weighted by atomic mass is 9.88. The fraction of sp³-hybridized carbons (Fsp3) is 0.692. The molecule has 0 spiro atoms. The lowest BCUT2D eigenvalue weighted by Gasteiger charge is -2.25. The predicted molar refractivity (Wildman–Crippen MR) is 66.9 cm³/mol.